The Balaban J connectivity index is 1.93. The number of carbonyl (C=O) groups excluding carboxylic acids is 3. The van der Waals surface area contributed by atoms with Gasteiger partial charge in [-0.05, 0) is 50.2 Å². The molecule has 0 unspecified atom stereocenters. The highest BCUT2D eigenvalue weighted by molar-refractivity contribution is 6.02. The van der Waals surface area contributed by atoms with Gasteiger partial charge in [0.05, 0.1) is 36.6 Å². The van der Waals surface area contributed by atoms with Crippen molar-refractivity contribution in [3.8, 4) is 0 Å². The van der Waals surface area contributed by atoms with Gasteiger partial charge in [0.25, 0.3) is 0 Å². The van der Waals surface area contributed by atoms with Crippen LogP contribution in [0.5, 0.6) is 0 Å². The van der Waals surface area contributed by atoms with Gasteiger partial charge in [0.15, 0.2) is 0 Å². The maximum atomic E-state index is 12.2. The summed E-state index contributed by atoms with van der Waals surface area (Å²) in [5.74, 6) is -1.20. The van der Waals surface area contributed by atoms with E-state index in [1.54, 1.807) is 62.4 Å². The largest absolute Gasteiger partial charge is 0.462 e. The quantitative estimate of drug-likeness (QED) is 0.694. The maximum Gasteiger partial charge on any atom is 0.340 e. The number of esters is 2. The average Bonchev–Trinajstić information content (AvgIpc) is 2.67. The van der Waals surface area contributed by atoms with E-state index in [4.69, 9.17) is 9.47 Å². The fourth-order valence-electron chi connectivity index (χ4n) is 2.29. The normalized spacial score (nSPS) is 10.0. The summed E-state index contributed by atoms with van der Waals surface area (Å²) in [5.41, 5.74) is 1.80. The summed E-state index contributed by atoms with van der Waals surface area (Å²) in [6.07, 6.45) is 0. The Hall–Kier alpha value is -3.35. The number of rotatable bonds is 8. The molecule has 142 valence electrons. The molecule has 0 bridgehead atoms. The number of benzene rings is 2. The highest BCUT2D eigenvalue weighted by atomic mass is 16.5. The van der Waals surface area contributed by atoms with Crippen molar-refractivity contribution >= 4 is 29.2 Å². The lowest BCUT2D eigenvalue weighted by atomic mass is 10.2. The number of amides is 1. The first-order valence-corrected chi connectivity index (χ1v) is 8.62. The monoisotopic (exact) mass is 370 g/mol. The van der Waals surface area contributed by atoms with Gasteiger partial charge in [0.1, 0.15) is 0 Å². The van der Waals surface area contributed by atoms with E-state index < -0.39 is 11.9 Å². The second-order valence-corrected chi connectivity index (χ2v) is 5.47. The van der Waals surface area contributed by atoms with Crippen LogP contribution in [0.4, 0.5) is 11.4 Å². The van der Waals surface area contributed by atoms with E-state index in [2.05, 4.69) is 10.6 Å². The molecule has 0 aliphatic heterocycles. The number of hydrogen-bond donors (Lipinski definition) is 2. The standard InChI is InChI=1S/C20H22N2O5/c1-3-26-19(24)14-9-11-15(12-10-14)21-13-18(23)22-17-8-6-5-7-16(17)20(25)27-4-2/h5-12,21H,3-4,13H2,1-2H3,(H,22,23). The van der Waals surface area contributed by atoms with Crippen LogP contribution < -0.4 is 10.6 Å². The molecule has 0 spiro atoms. The van der Waals surface area contributed by atoms with E-state index in [-0.39, 0.29) is 19.1 Å². The van der Waals surface area contributed by atoms with Crippen LogP contribution in [-0.4, -0.2) is 37.6 Å². The third kappa shape index (κ3) is 5.85. The summed E-state index contributed by atoms with van der Waals surface area (Å²) in [4.78, 5) is 35.7. The van der Waals surface area contributed by atoms with Crippen LogP contribution in [0.2, 0.25) is 0 Å². The Morgan fingerprint density at radius 1 is 0.852 bits per heavy atom. The van der Waals surface area contributed by atoms with Crippen molar-refractivity contribution in [2.75, 3.05) is 30.4 Å². The van der Waals surface area contributed by atoms with Crippen LogP contribution in [0, 0.1) is 0 Å². The Morgan fingerprint density at radius 2 is 1.48 bits per heavy atom. The molecule has 7 nitrogen and oxygen atoms in total. The molecule has 27 heavy (non-hydrogen) atoms. The number of ether oxygens (including phenoxy) is 2. The van der Waals surface area contributed by atoms with Crippen molar-refractivity contribution in [1.29, 1.82) is 0 Å². The van der Waals surface area contributed by atoms with Gasteiger partial charge in [0, 0.05) is 5.69 Å². The van der Waals surface area contributed by atoms with Gasteiger partial charge >= 0.3 is 11.9 Å². The zero-order valence-corrected chi connectivity index (χ0v) is 15.3. The molecule has 1 amide bonds. The van der Waals surface area contributed by atoms with E-state index in [1.165, 1.54) is 0 Å². The number of nitrogens with one attached hydrogen (secondary N) is 2. The summed E-state index contributed by atoms with van der Waals surface area (Å²) < 4.78 is 9.90. The van der Waals surface area contributed by atoms with E-state index >= 15 is 0 Å². The van der Waals surface area contributed by atoms with Gasteiger partial charge in [-0.2, -0.15) is 0 Å². The van der Waals surface area contributed by atoms with Crippen molar-refractivity contribution in [2.24, 2.45) is 0 Å². The number of anilines is 2. The fourth-order valence-corrected chi connectivity index (χ4v) is 2.29. The summed E-state index contributed by atoms with van der Waals surface area (Å²) in [5, 5.41) is 5.65. The SMILES string of the molecule is CCOC(=O)c1ccc(NCC(=O)Nc2ccccc2C(=O)OCC)cc1. The molecule has 2 aromatic carbocycles. The molecule has 0 radical (unpaired) electrons. The first-order chi connectivity index (χ1) is 13.0. The molecule has 0 saturated carbocycles. The lowest BCUT2D eigenvalue weighted by molar-refractivity contribution is -0.114. The van der Waals surface area contributed by atoms with Gasteiger partial charge in [-0.15, -0.1) is 0 Å². The summed E-state index contributed by atoms with van der Waals surface area (Å²) in [6.45, 7) is 4.02. The number of para-hydroxylation sites is 1. The van der Waals surface area contributed by atoms with Gasteiger partial charge < -0.3 is 20.1 Å². The zero-order valence-electron chi connectivity index (χ0n) is 15.3. The van der Waals surface area contributed by atoms with E-state index in [9.17, 15) is 14.4 Å². The molecule has 0 saturated heterocycles. The molecular weight excluding hydrogens is 348 g/mol. The van der Waals surface area contributed by atoms with Gasteiger partial charge in [0.2, 0.25) is 5.91 Å². The Labute approximate surface area is 157 Å². The Morgan fingerprint density at radius 3 is 2.15 bits per heavy atom. The molecule has 0 aliphatic carbocycles. The summed E-state index contributed by atoms with van der Waals surface area (Å²) >= 11 is 0. The third-order valence-corrected chi connectivity index (χ3v) is 3.55. The molecular formula is C20H22N2O5. The molecule has 2 rings (SSSR count). The highest BCUT2D eigenvalue weighted by Gasteiger charge is 2.14. The Kier molecular flexibility index (Phi) is 7.37. The molecule has 2 aromatic rings. The lowest BCUT2D eigenvalue weighted by Gasteiger charge is -2.11. The van der Waals surface area contributed by atoms with E-state index in [0.717, 1.165) is 0 Å². The van der Waals surface area contributed by atoms with E-state index in [0.29, 0.717) is 29.1 Å². The molecule has 2 N–H and O–H groups in total. The molecule has 0 fully saturated rings. The van der Waals surface area contributed by atoms with Gasteiger partial charge in [-0.1, -0.05) is 12.1 Å². The van der Waals surface area contributed by atoms with Crippen LogP contribution in [0.1, 0.15) is 34.6 Å². The van der Waals surface area contributed by atoms with E-state index in [1.807, 2.05) is 0 Å². The van der Waals surface area contributed by atoms with Crippen molar-refractivity contribution < 1.29 is 23.9 Å². The average molecular weight is 370 g/mol. The Bertz CT molecular complexity index is 802. The van der Waals surface area contributed by atoms with Gasteiger partial charge in [-0.3, -0.25) is 4.79 Å². The topological polar surface area (TPSA) is 93.7 Å². The van der Waals surface area contributed by atoms with Crippen LogP contribution in [-0.2, 0) is 14.3 Å². The van der Waals surface area contributed by atoms with Gasteiger partial charge in [-0.25, -0.2) is 9.59 Å². The van der Waals surface area contributed by atoms with Crippen molar-refractivity contribution in [3.05, 3.63) is 59.7 Å². The number of carbonyl (C=O) groups is 3. The van der Waals surface area contributed by atoms with Crippen LogP contribution in [0.25, 0.3) is 0 Å². The minimum absolute atomic E-state index is 0.00405. The first-order valence-electron chi connectivity index (χ1n) is 8.62. The maximum absolute atomic E-state index is 12.2. The minimum Gasteiger partial charge on any atom is -0.462 e. The fraction of sp³-hybridized carbons (Fsp3) is 0.250. The van der Waals surface area contributed by atoms with Crippen LogP contribution in [0.3, 0.4) is 0 Å². The summed E-state index contributed by atoms with van der Waals surface area (Å²) in [7, 11) is 0. The predicted molar refractivity (Wildman–Crippen MR) is 102 cm³/mol. The van der Waals surface area contributed by atoms with Crippen LogP contribution in [0.15, 0.2) is 48.5 Å². The van der Waals surface area contributed by atoms with Crippen molar-refractivity contribution in [2.45, 2.75) is 13.8 Å². The number of hydrogen-bond acceptors (Lipinski definition) is 6. The molecule has 0 atom stereocenters. The predicted octanol–water partition coefficient (Wildman–Crippen LogP) is 3.09. The molecule has 7 heteroatoms. The second-order valence-electron chi connectivity index (χ2n) is 5.47. The third-order valence-electron chi connectivity index (χ3n) is 3.55. The van der Waals surface area contributed by atoms with Crippen LogP contribution >= 0.6 is 0 Å². The second kappa shape index (κ2) is 9.96. The van der Waals surface area contributed by atoms with Crippen molar-refractivity contribution in [3.63, 3.8) is 0 Å². The summed E-state index contributed by atoms with van der Waals surface area (Å²) in [6, 6.07) is 13.3. The molecule has 0 heterocycles. The lowest BCUT2D eigenvalue weighted by Crippen LogP contribution is -2.23. The highest BCUT2D eigenvalue weighted by Crippen LogP contribution is 2.16. The zero-order chi connectivity index (χ0) is 19.6. The molecule has 0 aromatic heterocycles. The smallest absolute Gasteiger partial charge is 0.340 e. The molecule has 0 aliphatic rings. The first kappa shape index (κ1) is 20.0. The minimum atomic E-state index is -0.490. The van der Waals surface area contributed by atoms with Crippen molar-refractivity contribution in [1.82, 2.24) is 0 Å².